The molecule has 0 radical (unpaired) electrons. The summed E-state index contributed by atoms with van der Waals surface area (Å²) in [4.78, 5) is 11.2. The van der Waals surface area contributed by atoms with Gasteiger partial charge < -0.3 is 5.32 Å². The summed E-state index contributed by atoms with van der Waals surface area (Å²) in [5.74, 6) is 0.172. The summed E-state index contributed by atoms with van der Waals surface area (Å²) in [6.07, 6.45) is 2.18. The number of amides is 1. The van der Waals surface area contributed by atoms with E-state index >= 15 is 0 Å². The number of hydrogen-bond acceptors (Lipinski definition) is 1. The fraction of sp³-hybridized carbons (Fsp3) is 0.462. The van der Waals surface area contributed by atoms with Crippen molar-refractivity contribution in [3.63, 3.8) is 0 Å². The number of alkyl halides is 1. The summed E-state index contributed by atoms with van der Waals surface area (Å²) < 4.78 is 13.8. The van der Waals surface area contributed by atoms with E-state index in [2.05, 4.69) is 21.2 Å². The molecule has 2 rings (SSSR count). The molecule has 1 aliphatic rings. The van der Waals surface area contributed by atoms with Crippen LogP contribution in [0.15, 0.2) is 18.2 Å². The molecule has 1 aliphatic carbocycles. The van der Waals surface area contributed by atoms with Gasteiger partial charge in [-0.1, -0.05) is 28.1 Å². The molecule has 1 fully saturated rings. The number of rotatable bonds is 4. The monoisotopic (exact) mass is 299 g/mol. The van der Waals surface area contributed by atoms with Crippen molar-refractivity contribution in [3.8, 4) is 0 Å². The van der Waals surface area contributed by atoms with Crippen molar-refractivity contribution in [1.82, 2.24) is 5.32 Å². The number of hydrogen-bond donors (Lipinski definition) is 1. The second-order valence-corrected chi connectivity index (χ2v) is 5.04. The quantitative estimate of drug-likeness (QED) is 0.850. The Bertz CT molecular complexity index is 431. The van der Waals surface area contributed by atoms with E-state index in [1.54, 1.807) is 0 Å². The van der Waals surface area contributed by atoms with Gasteiger partial charge in [-0.2, -0.15) is 0 Å². The first-order valence-corrected chi connectivity index (χ1v) is 6.88. The lowest BCUT2D eigenvalue weighted by molar-refractivity contribution is -0.119. The smallest absolute Gasteiger partial charge is 0.231 e. The Morgan fingerprint density at radius 1 is 1.59 bits per heavy atom. The van der Waals surface area contributed by atoms with E-state index in [1.807, 2.05) is 19.1 Å². The highest BCUT2D eigenvalue weighted by Crippen LogP contribution is 2.41. The van der Waals surface area contributed by atoms with Crippen LogP contribution in [0.2, 0.25) is 0 Å². The van der Waals surface area contributed by atoms with Crippen molar-refractivity contribution in [2.75, 3.05) is 5.33 Å². The summed E-state index contributed by atoms with van der Waals surface area (Å²) in [5, 5.41) is 3.05. The van der Waals surface area contributed by atoms with Gasteiger partial charge in [-0.15, -0.1) is 0 Å². The molecule has 0 aliphatic heterocycles. The molecule has 4 heteroatoms. The molecule has 17 heavy (non-hydrogen) atoms. The number of carbonyl (C=O) groups is 1. The van der Waals surface area contributed by atoms with Crippen LogP contribution in [0.1, 0.15) is 42.9 Å². The molecule has 0 bridgehead atoms. The molecule has 0 saturated heterocycles. The van der Waals surface area contributed by atoms with E-state index in [4.69, 9.17) is 0 Å². The molecular formula is C13H15BrFNO. The Morgan fingerprint density at radius 2 is 2.29 bits per heavy atom. The van der Waals surface area contributed by atoms with Gasteiger partial charge >= 0.3 is 0 Å². The largest absolute Gasteiger partial charge is 0.349 e. The van der Waals surface area contributed by atoms with Gasteiger partial charge in [-0.3, -0.25) is 4.79 Å². The van der Waals surface area contributed by atoms with E-state index < -0.39 is 0 Å². The van der Waals surface area contributed by atoms with Gasteiger partial charge in [-0.05, 0) is 42.9 Å². The predicted molar refractivity (Wildman–Crippen MR) is 68.7 cm³/mol. The third kappa shape index (κ3) is 3.06. The van der Waals surface area contributed by atoms with Crippen LogP contribution in [-0.2, 0) is 4.79 Å². The van der Waals surface area contributed by atoms with Crippen molar-refractivity contribution in [3.05, 3.63) is 35.1 Å². The second-order valence-electron chi connectivity index (χ2n) is 4.48. The van der Waals surface area contributed by atoms with Gasteiger partial charge in [-0.25, -0.2) is 4.39 Å². The van der Waals surface area contributed by atoms with Gasteiger partial charge in [0.1, 0.15) is 5.82 Å². The van der Waals surface area contributed by atoms with E-state index in [9.17, 15) is 9.18 Å². The second kappa shape index (κ2) is 5.17. The maximum absolute atomic E-state index is 13.8. The lowest BCUT2D eigenvalue weighted by Crippen LogP contribution is -2.27. The van der Waals surface area contributed by atoms with Gasteiger partial charge in [0.2, 0.25) is 5.91 Å². The molecule has 1 atom stereocenters. The Labute approximate surface area is 109 Å². The van der Waals surface area contributed by atoms with Crippen molar-refractivity contribution in [1.29, 1.82) is 0 Å². The first kappa shape index (κ1) is 12.6. The highest BCUT2D eigenvalue weighted by molar-refractivity contribution is 9.09. The van der Waals surface area contributed by atoms with Crippen LogP contribution >= 0.6 is 15.9 Å². The fourth-order valence-electron chi connectivity index (χ4n) is 1.90. The molecule has 1 N–H and O–H groups in total. The standard InChI is InChI=1S/C13H15BrFNO/c1-8(16-13(17)7-14)10-4-5-11(9-2-3-9)12(15)6-10/h4-6,8-9H,2-3,7H2,1H3,(H,16,17)/t8-/m0/s1. The fourth-order valence-corrected chi connectivity index (χ4v) is 2.06. The molecular weight excluding hydrogens is 285 g/mol. The van der Waals surface area contributed by atoms with E-state index in [-0.39, 0.29) is 23.1 Å². The minimum absolute atomic E-state index is 0.0934. The zero-order valence-corrected chi connectivity index (χ0v) is 11.3. The number of halogens is 2. The molecule has 0 heterocycles. The lowest BCUT2D eigenvalue weighted by Gasteiger charge is -2.14. The van der Waals surface area contributed by atoms with E-state index in [1.165, 1.54) is 6.07 Å². The number of nitrogens with one attached hydrogen (secondary N) is 1. The predicted octanol–water partition coefficient (Wildman–Crippen LogP) is 3.28. The highest BCUT2D eigenvalue weighted by Gasteiger charge is 2.26. The molecule has 2 nitrogen and oxygen atoms in total. The molecule has 0 spiro atoms. The minimum atomic E-state index is -0.164. The Hall–Kier alpha value is -0.900. The molecule has 1 aromatic rings. The molecule has 1 aromatic carbocycles. The van der Waals surface area contributed by atoms with Crippen LogP contribution < -0.4 is 5.32 Å². The van der Waals surface area contributed by atoms with Crippen molar-refractivity contribution >= 4 is 21.8 Å². The Balaban J connectivity index is 2.10. The topological polar surface area (TPSA) is 29.1 Å². The first-order chi connectivity index (χ1) is 8.11. The maximum atomic E-state index is 13.8. The maximum Gasteiger partial charge on any atom is 0.231 e. The highest BCUT2D eigenvalue weighted by atomic mass is 79.9. The Kier molecular flexibility index (Phi) is 3.82. The summed E-state index contributed by atoms with van der Waals surface area (Å²) in [6, 6.07) is 5.12. The SMILES string of the molecule is C[C@H](NC(=O)CBr)c1ccc(C2CC2)c(F)c1. The van der Waals surface area contributed by atoms with Crippen molar-refractivity contribution in [2.45, 2.75) is 31.7 Å². The van der Waals surface area contributed by atoms with Crippen LogP contribution in [0, 0.1) is 5.82 Å². The zero-order valence-electron chi connectivity index (χ0n) is 9.67. The van der Waals surface area contributed by atoms with E-state index in [0.29, 0.717) is 5.92 Å². The van der Waals surface area contributed by atoms with Crippen molar-refractivity contribution < 1.29 is 9.18 Å². The summed E-state index contributed by atoms with van der Waals surface area (Å²) in [6.45, 7) is 1.85. The van der Waals surface area contributed by atoms with Crippen LogP contribution in [0.3, 0.4) is 0 Å². The van der Waals surface area contributed by atoms with Gasteiger partial charge in [0, 0.05) is 0 Å². The zero-order chi connectivity index (χ0) is 12.4. The van der Waals surface area contributed by atoms with E-state index in [0.717, 1.165) is 24.0 Å². The normalized spacial score (nSPS) is 16.6. The molecule has 0 aromatic heterocycles. The summed E-state index contributed by atoms with van der Waals surface area (Å²) >= 11 is 3.08. The molecule has 1 amide bonds. The average Bonchev–Trinajstić information content (AvgIpc) is 3.12. The van der Waals surface area contributed by atoms with Gasteiger partial charge in [0.25, 0.3) is 0 Å². The molecule has 1 saturated carbocycles. The molecule has 0 unspecified atom stereocenters. The summed E-state index contributed by atoms with van der Waals surface area (Å²) in [7, 11) is 0. The summed E-state index contributed by atoms with van der Waals surface area (Å²) in [5.41, 5.74) is 1.62. The third-order valence-electron chi connectivity index (χ3n) is 3.04. The van der Waals surface area contributed by atoms with Crippen LogP contribution in [0.25, 0.3) is 0 Å². The molecule has 92 valence electrons. The third-order valence-corrected chi connectivity index (χ3v) is 3.55. The van der Waals surface area contributed by atoms with Gasteiger partial charge in [0.15, 0.2) is 0 Å². The number of carbonyl (C=O) groups excluding carboxylic acids is 1. The Morgan fingerprint density at radius 3 is 2.82 bits per heavy atom. The van der Waals surface area contributed by atoms with Crippen LogP contribution in [0.4, 0.5) is 4.39 Å². The first-order valence-electron chi connectivity index (χ1n) is 5.76. The van der Waals surface area contributed by atoms with Crippen LogP contribution in [0.5, 0.6) is 0 Å². The average molecular weight is 300 g/mol. The van der Waals surface area contributed by atoms with Crippen molar-refractivity contribution in [2.24, 2.45) is 0 Å². The minimum Gasteiger partial charge on any atom is -0.349 e. The number of benzene rings is 1. The van der Waals surface area contributed by atoms with Gasteiger partial charge in [0.05, 0.1) is 11.4 Å². The lowest BCUT2D eigenvalue weighted by atomic mass is 10.0. The van der Waals surface area contributed by atoms with Crippen LogP contribution in [-0.4, -0.2) is 11.2 Å².